The molecule has 4 rings (SSSR count). The van der Waals surface area contributed by atoms with Crippen molar-refractivity contribution in [2.45, 2.75) is 26.4 Å². The van der Waals surface area contributed by atoms with Gasteiger partial charge in [0, 0.05) is 43.0 Å². The van der Waals surface area contributed by atoms with Crippen molar-refractivity contribution in [2.24, 2.45) is 0 Å². The molecule has 1 N–H and O–H groups in total. The molecule has 2 aromatic heterocycles. The third-order valence-electron chi connectivity index (χ3n) is 5.52. The fourth-order valence-electron chi connectivity index (χ4n) is 3.79. The Morgan fingerprint density at radius 2 is 1.85 bits per heavy atom. The molecule has 2 aromatic carbocycles. The fourth-order valence-corrected chi connectivity index (χ4v) is 3.95. The molecule has 2 amide bonds. The summed E-state index contributed by atoms with van der Waals surface area (Å²) in [4.78, 5) is 32.0. The Morgan fingerprint density at radius 1 is 1.09 bits per heavy atom. The maximum Gasteiger partial charge on any atom is 0.270 e. The number of pyridine rings is 1. The summed E-state index contributed by atoms with van der Waals surface area (Å²) in [5.41, 5.74) is 3.92. The molecule has 8 heteroatoms. The maximum atomic E-state index is 13.1. The molecule has 0 atom stereocenters. The first-order valence-electron chi connectivity index (χ1n) is 10.9. The Kier molecular flexibility index (Phi) is 6.93. The van der Waals surface area contributed by atoms with E-state index in [1.54, 1.807) is 65.0 Å². The maximum absolute atomic E-state index is 13.1. The van der Waals surface area contributed by atoms with Crippen molar-refractivity contribution in [1.82, 2.24) is 19.6 Å². The largest absolute Gasteiger partial charge is 0.347 e. The van der Waals surface area contributed by atoms with Gasteiger partial charge >= 0.3 is 0 Å². The second kappa shape index (κ2) is 10.1. The predicted molar refractivity (Wildman–Crippen MR) is 129 cm³/mol. The minimum atomic E-state index is -0.314. The van der Waals surface area contributed by atoms with E-state index in [1.165, 1.54) is 12.1 Å². The number of aromatic nitrogens is 2. The number of rotatable bonds is 7. The van der Waals surface area contributed by atoms with Crippen molar-refractivity contribution in [3.63, 3.8) is 0 Å². The van der Waals surface area contributed by atoms with Gasteiger partial charge in [-0.1, -0.05) is 42.8 Å². The molecule has 0 aliphatic heterocycles. The van der Waals surface area contributed by atoms with E-state index < -0.39 is 0 Å². The second-order valence-electron chi connectivity index (χ2n) is 8.00. The highest BCUT2D eigenvalue weighted by atomic mass is 35.5. The topological polar surface area (TPSA) is 66.7 Å². The van der Waals surface area contributed by atoms with E-state index in [0.717, 1.165) is 11.1 Å². The molecule has 0 fully saturated rings. The molecule has 6 nitrogen and oxygen atoms in total. The Morgan fingerprint density at radius 3 is 2.59 bits per heavy atom. The first-order valence-corrected chi connectivity index (χ1v) is 11.3. The van der Waals surface area contributed by atoms with Crippen LogP contribution in [0.3, 0.4) is 0 Å². The zero-order valence-electron chi connectivity index (χ0n) is 18.9. The molecule has 0 unspecified atom stereocenters. The Labute approximate surface area is 202 Å². The van der Waals surface area contributed by atoms with Crippen LogP contribution in [-0.2, 0) is 19.5 Å². The van der Waals surface area contributed by atoms with Gasteiger partial charge in [0.1, 0.15) is 17.2 Å². The normalized spacial score (nSPS) is 10.9. The Bertz CT molecular complexity index is 1350. The minimum absolute atomic E-state index is 0.163. The predicted octanol–water partition coefficient (Wildman–Crippen LogP) is 4.89. The van der Waals surface area contributed by atoms with Gasteiger partial charge in [0.25, 0.3) is 11.8 Å². The molecule has 0 aliphatic carbocycles. The molecular weight excluding hydrogens is 455 g/mol. The van der Waals surface area contributed by atoms with Crippen LogP contribution in [0.1, 0.15) is 44.6 Å². The van der Waals surface area contributed by atoms with Gasteiger partial charge in [0.15, 0.2) is 0 Å². The summed E-state index contributed by atoms with van der Waals surface area (Å²) in [6.45, 7) is 2.56. The van der Waals surface area contributed by atoms with Crippen molar-refractivity contribution in [1.29, 1.82) is 0 Å². The number of hydrogen-bond acceptors (Lipinski definition) is 3. The number of amides is 2. The van der Waals surface area contributed by atoms with Crippen molar-refractivity contribution < 1.29 is 14.0 Å². The van der Waals surface area contributed by atoms with E-state index >= 15 is 0 Å². The van der Waals surface area contributed by atoms with Crippen molar-refractivity contribution in [3.05, 3.63) is 106 Å². The van der Waals surface area contributed by atoms with Crippen molar-refractivity contribution in [2.75, 3.05) is 7.05 Å². The highest BCUT2D eigenvalue weighted by molar-refractivity contribution is 6.30. The minimum Gasteiger partial charge on any atom is -0.347 e. The Hall–Kier alpha value is -3.71. The van der Waals surface area contributed by atoms with Crippen LogP contribution in [0.4, 0.5) is 4.39 Å². The lowest BCUT2D eigenvalue weighted by Gasteiger charge is -2.18. The summed E-state index contributed by atoms with van der Waals surface area (Å²) in [7, 11) is 1.70. The molecule has 0 saturated heterocycles. The monoisotopic (exact) mass is 478 g/mol. The van der Waals surface area contributed by atoms with E-state index in [0.29, 0.717) is 40.6 Å². The second-order valence-corrected chi connectivity index (χ2v) is 8.44. The van der Waals surface area contributed by atoms with Gasteiger partial charge in [0.2, 0.25) is 0 Å². The SMILES string of the molecule is CCc1nc2cc(Cl)ccn2c1C(=O)NCc1cccc(C(=O)N(C)Cc2ccc(F)cc2)c1. The quantitative estimate of drug-likeness (QED) is 0.411. The average molecular weight is 479 g/mol. The molecule has 0 aliphatic rings. The first kappa shape index (κ1) is 23.4. The van der Waals surface area contributed by atoms with E-state index in [9.17, 15) is 14.0 Å². The first-order chi connectivity index (χ1) is 16.4. The van der Waals surface area contributed by atoms with Crippen LogP contribution in [0.5, 0.6) is 0 Å². The number of nitrogens with zero attached hydrogens (tertiary/aromatic N) is 3. The number of carbonyl (C=O) groups is 2. The third kappa shape index (κ3) is 5.10. The lowest BCUT2D eigenvalue weighted by Crippen LogP contribution is -2.27. The molecule has 4 aromatic rings. The van der Waals surface area contributed by atoms with Gasteiger partial charge in [-0.05, 0) is 47.9 Å². The van der Waals surface area contributed by atoms with Gasteiger partial charge < -0.3 is 10.2 Å². The van der Waals surface area contributed by atoms with Gasteiger partial charge in [0.05, 0.1) is 5.69 Å². The van der Waals surface area contributed by atoms with Crippen LogP contribution in [0, 0.1) is 5.82 Å². The summed E-state index contributed by atoms with van der Waals surface area (Å²) < 4.78 is 14.9. The van der Waals surface area contributed by atoms with Gasteiger partial charge in [-0.15, -0.1) is 0 Å². The molecule has 2 heterocycles. The number of halogens is 2. The molecule has 34 heavy (non-hydrogen) atoms. The molecule has 0 saturated carbocycles. The summed E-state index contributed by atoms with van der Waals surface area (Å²) in [5.74, 6) is -0.729. The fraction of sp³-hybridized carbons (Fsp3) is 0.192. The van der Waals surface area contributed by atoms with Gasteiger partial charge in [-0.3, -0.25) is 14.0 Å². The zero-order chi connectivity index (χ0) is 24.2. The van der Waals surface area contributed by atoms with Crippen LogP contribution < -0.4 is 5.32 Å². The van der Waals surface area contributed by atoms with Gasteiger partial charge in [-0.25, -0.2) is 9.37 Å². The summed E-state index contributed by atoms with van der Waals surface area (Å²) in [6.07, 6.45) is 2.33. The van der Waals surface area contributed by atoms with E-state index in [-0.39, 0.29) is 24.2 Å². The number of aryl methyl sites for hydroxylation is 1. The number of carbonyl (C=O) groups excluding carboxylic acids is 2. The van der Waals surface area contributed by atoms with Crippen LogP contribution in [0.25, 0.3) is 5.65 Å². The highest BCUT2D eigenvalue weighted by Gasteiger charge is 2.19. The number of imidazole rings is 1. The third-order valence-corrected chi connectivity index (χ3v) is 5.75. The number of hydrogen-bond donors (Lipinski definition) is 1. The zero-order valence-corrected chi connectivity index (χ0v) is 19.6. The Balaban J connectivity index is 1.45. The number of nitrogens with one attached hydrogen (secondary N) is 1. The lowest BCUT2D eigenvalue weighted by molar-refractivity contribution is 0.0785. The molecule has 0 spiro atoms. The average Bonchev–Trinajstić information content (AvgIpc) is 3.21. The lowest BCUT2D eigenvalue weighted by atomic mass is 10.1. The van der Waals surface area contributed by atoms with Crippen LogP contribution >= 0.6 is 11.6 Å². The highest BCUT2D eigenvalue weighted by Crippen LogP contribution is 2.18. The van der Waals surface area contributed by atoms with E-state index in [4.69, 9.17) is 11.6 Å². The van der Waals surface area contributed by atoms with E-state index in [1.807, 2.05) is 13.0 Å². The molecular formula is C26H24ClFN4O2. The molecule has 174 valence electrons. The van der Waals surface area contributed by atoms with Crippen molar-refractivity contribution >= 4 is 29.1 Å². The summed E-state index contributed by atoms with van der Waals surface area (Å²) in [5, 5.41) is 3.48. The van der Waals surface area contributed by atoms with Crippen LogP contribution in [0.2, 0.25) is 5.02 Å². The van der Waals surface area contributed by atoms with E-state index in [2.05, 4.69) is 10.3 Å². The van der Waals surface area contributed by atoms with Crippen LogP contribution in [0.15, 0.2) is 66.9 Å². The number of fused-ring (bicyclic) bond motifs is 1. The van der Waals surface area contributed by atoms with Crippen molar-refractivity contribution in [3.8, 4) is 0 Å². The molecule has 0 radical (unpaired) electrons. The summed E-state index contributed by atoms with van der Waals surface area (Å²) >= 11 is 6.06. The molecule has 0 bridgehead atoms. The standard InChI is InChI=1S/C26H24ClFN4O2/c1-3-22-24(32-12-11-20(27)14-23(32)30-22)25(33)29-15-18-5-4-6-19(13-18)26(34)31(2)16-17-7-9-21(28)10-8-17/h4-14H,3,15-16H2,1-2H3,(H,29,33). The summed E-state index contributed by atoms with van der Waals surface area (Å²) in [6, 6.07) is 16.6. The smallest absolute Gasteiger partial charge is 0.270 e. The van der Waals surface area contributed by atoms with Gasteiger partial charge in [-0.2, -0.15) is 0 Å². The number of benzene rings is 2. The van der Waals surface area contributed by atoms with Crippen LogP contribution in [-0.4, -0.2) is 33.1 Å².